The number of hydrogen-bond acceptors (Lipinski definition) is 5. The van der Waals surface area contributed by atoms with Gasteiger partial charge in [0.05, 0.1) is 25.7 Å². The molecule has 2 atom stereocenters. The maximum Gasteiger partial charge on any atom is 0.315 e. The Kier molecular flexibility index (Phi) is 7.58. The van der Waals surface area contributed by atoms with Crippen molar-refractivity contribution in [2.45, 2.75) is 51.6 Å². The van der Waals surface area contributed by atoms with E-state index in [0.717, 1.165) is 22.5 Å². The smallest absolute Gasteiger partial charge is 0.315 e. The highest BCUT2D eigenvalue weighted by molar-refractivity contribution is 6.07. The number of methoxy groups -OCH3 is 2. The Bertz CT molecular complexity index is 1330. The van der Waals surface area contributed by atoms with E-state index in [1.165, 1.54) is 7.11 Å². The first kappa shape index (κ1) is 26.9. The van der Waals surface area contributed by atoms with Crippen LogP contribution in [0.15, 0.2) is 72.8 Å². The summed E-state index contributed by atoms with van der Waals surface area (Å²) in [6, 6.07) is 21.9. The summed E-state index contributed by atoms with van der Waals surface area (Å²) in [6.07, 6.45) is 0.563. The lowest BCUT2D eigenvalue weighted by molar-refractivity contribution is -0.146. The number of para-hydroxylation sites is 1. The molecule has 0 spiro atoms. The number of nitrogens with zero attached hydrogens (tertiary/aromatic N) is 2. The molecule has 7 nitrogen and oxygen atoms in total. The number of esters is 1. The molecule has 1 aliphatic heterocycles. The molecule has 0 saturated heterocycles. The van der Waals surface area contributed by atoms with Gasteiger partial charge in [0.15, 0.2) is 0 Å². The first-order valence-electron chi connectivity index (χ1n) is 12.7. The zero-order valence-corrected chi connectivity index (χ0v) is 22.7. The van der Waals surface area contributed by atoms with E-state index in [9.17, 15) is 14.4 Å². The van der Waals surface area contributed by atoms with E-state index >= 15 is 0 Å². The van der Waals surface area contributed by atoms with Crippen molar-refractivity contribution in [1.29, 1.82) is 0 Å². The zero-order valence-electron chi connectivity index (χ0n) is 22.7. The summed E-state index contributed by atoms with van der Waals surface area (Å²) in [5, 5.41) is 0. The molecule has 4 rings (SSSR count). The highest BCUT2D eigenvalue weighted by Crippen LogP contribution is 2.43. The Morgan fingerprint density at radius 3 is 2.13 bits per heavy atom. The van der Waals surface area contributed by atoms with Crippen LogP contribution < -0.4 is 14.5 Å². The lowest BCUT2D eigenvalue weighted by atomic mass is 9.84. The number of anilines is 2. The second-order valence-corrected chi connectivity index (χ2v) is 10.1. The van der Waals surface area contributed by atoms with Crippen LogP contribution in [-0.2, 0) is 19.7 Å². The van der Waals surface area contributed by atoms with Crippen LogP contribution in [0.2, 0.25) is 0 Å². The van der Waals surface area contributed by atoms with Gasteiger partial charge in [0, 0.05) is 29.9 Å². The molecule has 0 aliphatic carbocycles. The molecule has 0 aromatic heterocycles. The van der Waals surface area contributed by atoms with Crippen LogP contribution in [0.1, 0.15) is 61.6 Å². The van der Waals surface area contributed by atoms with Gasteiger partial charge in [0.2, 0.25) is 5.91 Å². The molecule has 38 heavy (non-hydrogen) atoms. The van der Waals surface area contributed by atoms with E-state index in [1.54, 1.807) is 43.2 Å². The minimum Gasteiger partial charge on any atom is -0.497 e. The van der Waals surface area contributed by atoms with Crippen molar-refractivity contribution < 1.29 is 23.9 Å². The van der Waals surface area contributed by atoms with Gasteiger partial charge < -0.3 is 19.3 Å². The minimum absolute atomic E-state index is 0.102. The lowest BCUT2D eigenvalue weighted by Crippen LogP contribution is -2.47. The van der Waals surface area contributed by atoms with Crippen molar-refractivity contribution in [2.75, 3.05) is 24.0 Å². The molecule has 0 saturated carbocycles. The largest absolute Gasteiger partial charge is 0.497 e. The monoisotopic (exact) mass is 514 g/mol. The molecular weight excluding hydrogens is 480 g/mol. The van der Waals surface area contributed by atoms with Crippen LogP contribution in [0.4, 0.5) is 11.4 Å². The van der Waals surface area contributed by atoms with Crippen molar-refractivity contribution >= 4 is 29.2 Å². The first-order valence-corrected chi connectivity index (χ1v) is 12.7. The van der Waals surface area contributed by atoms with Crippen molar-refractivity contribution in [2.24, 2.45) is 0 Å². The van der Waals surface area contributed by atoms with E-state index in [2.05, 4.69) is 0 Å². The Hall–Kier alpha value is -4.13. The summed E-state index contributed by atoms with van der Waals surface area (Å²) < 4.78 is 10.2. The van der Waals surface area contributed by atoms with Gasteiger partial charge in [-0.2, -0.15) is 0 Å². The molecule has 1 heterocycles. The second-order valence-electron chi connectivity index (χ2n) is 10.1. The van der Waals surface area contributed by atoms with E-state index < -0.39 is 5.41 Å². The van der Waals surface area contributed by atoms with Gasteiger partial charge in [-0.25, -0.2) is 0 Å². The molecular formula is C31H34N2O5. The Morgan fingerprint density at radius 2 is 1.55 bits per heavy atom. The van der Waals surface area contributed by atoms with Crippen LogP contribution in [0.3, 0.4) is 0 Å². The van der Waals surface area contributed by atoms with Crippen LogP contribution in [0, 0.1) is 0 Å². The number of fused-ring (bicyclic) bond motifs is 1. The molecule has 3 aromatic carbocycles. The number of carbonyl (C=O) groups is 3. The van der Waals surface area contributed by atoms with Gasteiger partial charge in [-0.3, -0.25) is 14.4 Å². The summed E-state index contributed by atoms with van der Waals surface area (Å²) in [6.45, 7) is 7.17. The predicted octanol–water partition coefficient (Wildman–Crippen LogP) is 5.68. The third-order valence-corrected chi connectivity index (χ3v) is 7.33. The summed E-state index contributed by atoms with van der Waals surface area (Å²) in [5.74, 6) is 0.152. The maximum atomic E-state index is 13.6. The second kappa shape index (κ2) is 10.7. The fourth-order valence-electron chi connectivity index (χ4n) is 5.20. The Balaban J connectivity index is 1.71. The Morgan fingerprint density at radius 1 is 0.921 bits per heavy atom. The van der Waals surface area contributed by atoms with E-state index in [1.807, 2.05) is 74.2 Å². The summed E-state index contributed by atoms with van der Waals surface area (Å²) in [4.78, 5) is 42.6. The van der Waals surface area contributed by atoms with Gasteiger partial charge in [0.25, 0.3) is 5.91 Å². The van der Waals surface area contributed by atoms with Crippen LogP contribution in [0.5, 0.6) is 5.75 Å². The molecule has 2 unspecified atom stereocenters. The molecule has 0 radical (unpaired) electrons. The van der Waals surface area contributed by atoms with Gasteiger partial charge in [-0.15, -0.1) is 0 Å². The average Bonchev–Trinajstić information content (AvgIpc) is 2.92. The third kappa shape index (κ3) is 4.88. The standard InChI is InChI=1S/C31H34N2O5/c1-20-19-28(33(21(2)34)24-15-13-23(14-16-24)31(3,4)30(36)38-6)26-9-7-8-10-27(26)32(20)29(35)22-11-17-25(37-5)18-12-22/h7-18,20,28H,19H2,1-6H3. The van der Waals surface area contributed by atoms with Gasteiger partial charge >= 0.3 is 5.97 Å². The summed E-state index contributed by atoms with van der Waals surface area (Å²) in [7, 11) is 2.97. The minimum atomic E-state index is -0.817. The summed E-state index contributed by atoms with van der Waals surface area (Å²) in [5.41, 5.74) is 2.96. The third-order valence-electron chi connectivity index (χ3n) is 7.33. The van der Waals surface area contributed by atoms with Crippen molar-refractivity contribution in [3.05, 3.63) is 89.5 Å². The number of hydrogen-bond donors (Lipinski definition) is 0. The van der Waals surface area contributed by atoms with Crippen molar-refractivity contribution in [1.82, 2.24) is 0 Å². The topological polar surface area (TPSA) is 76.2 Å². The summed E-state index contributed by atoms with van der Waals surface area (Å²) >= 11 is 0. The van der Waals surface area contributed by atoms with Crippen molar-refractivity contribution in [3.8, 4) is 5.75 Å². The zero-order chi connectivity index (χ0) is 27.6. The Labute approximate surface area is 224 Å². The van der Waals surface area contributed by atoms with E-state index in [0.29, 0.717) is 17.7 Å². The number of benzene rings is 3. The number of ether oxygens (including phenoxy) is 2. The lowest BCUT2D eigenvalue weighted by Gasteiger charge is -2.43. The SMILES string of the molecule is COC(=O)C(C)(C)c1ccc(N(C(C)=O)C2CC(C)N(C(=O)c3ccc(OC)cc3)c3ccccc32)cc1. The molecule has 1 aliphatic rings. The molecule has 198 valence electrons. The van der Waals surface area contributed by atoms with Crippen molar-refractivity contribution in [3.63, 3.8) is 0 Å². The first-order chi connectivity index (χ1) is 18.1. The number of carbonyl (C=O) groups excluding carboxylic acids is 3. The number of rotatable bonds is 6. The molecule has 0 bridgehead atoms. The van der Waals surface area contributed by atoms with E-state index in [-0.39, 0.29) is 29.9 Å². The highest BCUT2D eigenvalue weighted by atomic mass is 16.5. The van der Waals surface area contributed by atoms with Gasteiger partial charge in [0.1, 0.15) is 5.75 Å². The molecule has 2 amide bonds. The molecule has 3 aromatic rings. The average molecular weight is 515 g/mol. The van der Waals surface area contributed by atoms with Gasteiger partial charge in [-0.1, -0.05) is 30.3 Å². The fraction of sp³-hybridized carbons (Fsp3) is 0.323. The molecule has 7 heteroatoms. The number of amides is 2. The fourth-order valence-corrected chi connectivity index (χ4v) is 5.20. The highest BCUT2D eigenvalue weighted by Gasteiger charge is 2.38. The molecule has 0 fully saturated rings. The van der Waals surface area contributed by atoms with Crippen LogP contribution in [0.25, 0.3) is 0 Å². The molecule has 0 N–H and O–H groups in total. The predicted molar refractivity (Wildman–Crippen MR) is 148 cm³/mol. The maximum absolute atomic E-state index is 13.6. The van der Waals surface area contributed by atoms with Crippen LogP contribution in [-0.4, -0.2) is 38.0 Å². The quantitative estimate of drug-likeness (QED) is 0.396. The van der Waals surface area contributed by atoms with Gasteiger partial charge in [-0.05, 0) is 80.8 Å². The van der Waals surface area contributed by atoms with Crippen LogP contribution >= 0.6 is 0 Å². The normalized spacial score (nSPS) is 16.8. The van der Waals surface area contributed by atoms with E-state index in [4.69, 9.17) is 9.47 Å².